The first kappa shape index (κ1) is 16.7. The van der Waals surface area contributed by atoms with Crippen LogP contribution in [0, 0.1) is 0 Å². The van der Waals surface area contributed by atoms with Gasteiger partial charge < -0.3 is 15.1 Å². The zero-order valence-electron chi connectivity index (χ0n) is 13.8. The van der Waals surface area contributed by atoms with Gasteiger partial charge in [0, 0.05) is 37.9 Å². The molecule has 5 heteroatoms. The molecule has 1 aromatic heterocycles. The maximum absolute atomic E-state index is 12.3. The highest BCUT2D eigenvalue weighted by Crippen LogP contribution is 2.18. The molecule has 22 heavy (non-hydrogen) atoms. The minimum atomic E-state index is -0.00665. The summed E-state index contributed by atoms with van der Waals surface area (Å²) in [5.41, 5.74) is 0.704. The third-order valence-corrected chi connectivity index (χ3v) is 4.30. The average Bonchev–Trinajstić information content (AvgIpc) is 2.59. The fraction of sp³-hybridized carbons (Fsp3) is 0.647. The number of carbonyl (C=O) groups is 1. The van der Waals surface area contributed by atoms with Crippen LogP contribution in [0.25, 0.3) is 0 Å². The quantitative estimate of drug-likeness (QED) is 0.838. The van der Waals surface area contributed by atoms with Crippen molar-refractivity contribution < 1.29 is 4.79 Å². The predicted octanol–water partition coefficient (Wildman–Crippen LogP) is 2.14. The highest BCUT2D eigenvalue weighted by Gasteiger charge is 2.14. The van der Waals surface area contributed by atoms with Crippen molar-refractivity contribution in [2.24, 2.45) is 0 Å². The number of pyridine rings is 1. The molecular weight excluding hydrogens is 276 g/mol. The Bertz CT molecular complexity index is 467. The normalized spacial score (nSPS) is 15.1. The van der Waals surface area contributed by atoms with Gasteiger partial charge in [-0.2, -0.15) is 0 Å². The number of carbonyl (C=O) groups excluding carboxylic acids is 1. The molecule has 2 rings (SSSR count). The van der Waals surface area contributed by atoms with Gasteiger partial charge in [0.05, 0.1) is 0 Å². The lowest BCUT2D eigenvalue weighted by molar-refractivity contribution is 0.0949. The van der Waals surface area contributed by atoms with Crippen molar-refractivity contribution >= 4 is 11.7 Å². The second-order valence-corrected chi connectivity index (χ2v) is 5.73. The molecule has 0 atom stereocenters. The van der Waals surface area contributed by atoms with Crippen LogP contribution in [-0.2, 0) is 0 Å². The van der Waals surface area contributed by atoms with E-state index < -0.39 is 0 Å². The summed E-state index contributed by atoms with van der Waals surface area (Å²) in [4.78, 5) is 21.3. The zero-order valence-corrected chi connectivity index (χ0v) is 13.8. The van der Waals surface area contributed by atoms with Crippen molar-refractivity contribution in [3.05, 3.63) is 23.9 Å². The molecule has 0 radical (unpaired) electrons. The molecule has 1 N–H and O–H groups in total. The number of hydrogen-bond acceptors (Lipinski definition) is 4. The number of amides is 1. The number of nitrogens with one attached hydrogen (secondary N) is 1. The molecular formula is C17H28N4O. The van der Waals surface area contributed by atoms with Crippen LogP contribution in [0.15, 0.2) is 18.3 Å². The van der Waals surface area contributed by atoms with Crippen LogP contribution in [0.5, 0.6) is 0 Å². The standard InChI is InChI=1S/C17H28N4O/c1-3-20(4-2)13-10-19-17(22)15-8-9-18-16(14-15)21-11-6-5-7-12-21/h8-9,14H,3-7,10-13H2,1-2H3,(H,19,22). The van der Waals surface area contributed by atoms with Crippen LogP contribution < -0.4 is 10.2 Å². The molecule has 0 saturated carbocycles. The van der Waals surface area contributed by atoms with Gasteiger partial charge in [-0.3, -0.25) is 4.79 Å². The number of nitrogens with zero attached hydrogens (tertiary/aromatic N) is 3. The second-order valence-electron chi connectivity index (χ2n) is 5.73. The minimum Gasteiger partial charge on any atom is -0.357 e. The van der Waals surface area contributed by atoms with Gasteiger partial charge in [0.25, 0.3) is 5.91 Å². The number of likely N-dealkylation sites (N-methyl/N-ethyl adjacent to an activating group) is 1. The lowest BCUT2D eigenvalue weighted by Crippen LogP contribution is -2.35. The summed E-state index contributed by atoms with van der Waals surface area (Å²) in [5.74, 6) is 0.920. The molecule has 0 spiro atoms. The van der Waals surface area contributed by atoms with Gasteiger partial charge in [-0.25, -0.2) is 4.98 Å². The molecule has 0 aliphatic carbocycles. The van der Waals surface area contributed by atoms with E-state index in [4.69, 9.17) is 0 Å². The lowest BCUT2D eigenvalue weighted by Gasteiger charge is -2.27. The van der Waals surface area contributed by atoms with E-state index in [1.807, 2.05) is 6.07 Å². The number of hydrogen-bond donors (Lipinski definition) is 1. The molecule has 5 nitrogen and oxygen atoms in total. The van der Waals surface area contributed by atoms with E-state index in [1.54, 1.807) is 12.3 Å². The maximum atomic E-state index is 12.3. The van der Waals surface area contributed by atoms with Crippen molar-refractivity contribution in [3.8, 4) is 0 Å². The molecule has 0 aromatic carbocycles. The van der Waals surface area contributed by atoms with E-state index in [0.717, 1.165) is 38.5 Å². The van der Waals surface area contributed by atoms with Gasteiger partial charge in [-0.05, 0) is 44.5 Å². The maximum Gasteiger partial charge on any atom is 0.251 e. The Labute approximate surface area is 133 Å². The van der Waals surface area contributed by atoms with Crippen LogP contribution in [0.2, 0.25) is 0 Å². The fourth-order valence-corrected chi connectivity index (χ4v) is 2.83. The molecule has 122 valence electrons. The number of piperidine rings is 1. The molecule has 0 unspecified atom stereocenters. The fourth-order valence-electron chi connectivity index (χ4n) is 2.83. The van der Waals surface area contributed by atoms with Crippen LogP contribution >= 0.6 is 0 Å². The number of anilines is 1. The molecule has 0 bridgehead atoms. The van der Waals surface area contributed by atoms with Crippen molar-refractivity contribution in [1.82, 2.24) is 15.2 Å². The molecule has 1 aromatic rings. The smallest absolute Gasteiger partial charge is 0.251 e. The molecule has 2 heterocycles. The van der Waals surface area contributed by atoms with Crippen molar-refractivity contribution in [3.63, 3.8) is 0 Å². The summed E-state index contributed by atoms with van der Waals surface area (Å²) in [5, 5.41) is 3.00. The van der Waals surface area contributed by atoms with Gasteiger partial charge >= 0.3 is 0 Å². The summed E-state index contributed by atoms with van der Waals surface area (Å²) >= 11 is 0. The van der Waals surface area contributed by atoms with Crippen molar-refractivity contribution in [2.45, 2.75) is 33.1 Å². The third kappa shape index (κ3) is 4.70. The zero-order chi connectivity index (χ0) is 15.8. The topological polar surface area (TPSA) is 48.5 Å². The Morgan fingerprint density at radius 2 is 2.00 bits per heavy atom. The van der Waals surface area contributed by atoms with Gasteiger partial charge in [-0.15, -0.1) is 0 Å². The Hall–Kier alpha value is -1.62. The number of aromatic nitrogens is 1. The monoisotopic (exact) mass is 304 g/mol. The highest BCUT2D eigenvalue weighted by atomic mass is 16.1. The summed E-state index contributed by atoms with van der Waals surface area (Å²) in [6.45, 7) is 9.96. The lowest BCUT2D eigenvalue weighted by atomic mass is 10.1. The Morgan fingerprint density at radius 3 is 2.68 bits per heavy atom. The third-order valence-electron chi connectivity index (χ3n) is 4.30. The molecule has 1 amide bonds. The van der Waals surface area contributed by atoms with Crippen molar-refractivity contribution in [2.75, 3.05) is 44.2 Å². The minimum absolute atomic E-state index is 0.00665. The Morgan fingerprint density at radius 1 is 1.27 bits per heavy atom. The molecule has 1 aliphatic heterocycles. The van der Waals surface area contributed by atoms with Crippen LogP contribution in [0.4, 0.5) is 5.82 Å². The Kier molecular flexibility index (Phi) is 6.65. The van der Waals surface area contributed by atoms with E-state index >= 15 is 0 Å². The first-order chi connectivity index (χ1) is 10.7. The van der Waals surface area contributed by atoms with E-state index in [-0.39, 0.29) is 5.91 Å². The largest absolute Gasteiger partial charge is 0.357 e. The van der Waals surface area contributed by atoms with Crippen LogP contribution in [0.3, 0.4) is 0 Å². The second kappa shape index (κ2) is 8.73. The van der Waals surface area contributed by atoms with Gasteiger partial charge in [0.15, 0.2) is 0 Å². The molecule has 1 fully saturated rings. The predicted molar refractivity (Wildman–Crippen MR) is 90.4 cm³/mol. The van der Waals surface area contributed by atoms with E-state index in [0.29, 0.717) is 12.1 Å². The Balaban J connectivity index is 1.89. The highest BCUT2D eigenvalue weighted by molar-refractivity contribution is 5.94. The first-order valence-corrected chi connectivity index (χ1v) is 8.46. The number of rotatable bonds is 7. The molecule has 1 saturated heterocycles. The van der Waals surface area contributed by atoms with Gasteiger partial charge in [0.1, 0.15) is 5.82 Å². The first-order valence-electron chi connectivity index (χ1n) is 8.46. The summed E-state index contributed by atoms with van der Waals surface area (Å²) in [6.07, 6.45) is 5.45. The summed E-state index contributed by atoms with van der Waals surface area (Å²) in [7, 11) is 0. The SMILES string of the molecule is CCN(CC)CCNC(=O)c1ccnc(N2CCCCC2)c1. The van der Waals surface area contributed by atoms with Crippen molar-refractivity contribution in [1.29, 1.82) is 0 Å². The van der Waals surface area contributed by atoms with Crippen LogP contribution in [-0.4, -0.2) is 55.1 Å². The summed E-state index contributed by atoms with van der Waals surface area (Å²) < 4.78 is 0. The summed E-state index contributed by atoms with van der Waals surface area (Å²) in [6, 6.07) is 3.71. The van der Waals surface area contributed by atoms with Gasteiger partial charge in [0.2, 0.25) is 0 Å². The molecule has 1 aliphatic rings. The van der Waals surface area contributed by atoms with E-state index in [2.05, 4.69) is 33.9 Å². The van der Waals surface area contributed by atoms with Crippen LogP contribution in [0.1, 0.15) is 43.5 Å². The average molecular weight is 304 g/mol. The van der Waals surface area contributed by atoms with E-state index in [1.165, 1.54) is 19.3 Å². The van der Waals surface area contributed by atoms with E-state index in [9.17, 15) is 4.79 Å². The van der Waals surface area contributed by atoms with Gasteiger partial charge in [-0.1, -0.05) is 13.8 Å².